The van der Waals surface area contributed by atoms with Gasteiger partial charge in [0.05, 0.1) is 5.25 Å². The Labute approximate surface area is 82.9 Å². The molecule has 0 spiro atoms. The minimum absolute atomic E-state index is 0.150. The molecule has 1 aliphatic heterocycles. The summed E-state index contributed by atoms with van der Waals surface area (Å²) in [5.74, 6) is 1.20. The summed E-state index contributed by atoms with van der Waals surface area (Å²) in [4.78, 5) is 23.5. The summed E-state index contributed by atoms with van der Waals surface area (Å²) in [5, 5.41) is 0.150. The van der Waals surface area contributed by atoms with Crippen LogP contribution in [-0.2, 0) is 9.59 Å². The fourth-order valence-corrected chi connectivity index (χ4v) is 2.46. The third-order valence-electron chi connectivity index (χ3n) is 2.13. The molecule has 0 aliphatic carbocycles. The van der Waals surface area contributed by atoms with Crippen LogP contribution in [0.3, 0.4) is 0 Å². The molecule has 1 atom stereocenters. The van der Waals surface area contributed by atoms with E-state index in [0.717, 1.165) is 25.0 Å². The zero-order chi connectivity index (χ0) is 9.68. The van der Waals surface area contributed by atoms with Gasteiger partial charge in [0.25, 0.3) is 0 Å². The summed E-state index contributed by atoms with van der Waals surface area (Å²) >= 11 is 1.70. The van der Waals surface area contributed by atoms with Crippen LogP contribution in [0.5, 0.6) is 0 Å². The maximum atomic E-state index is 11.6. The Morgan fingerprint density at radius 3 is 3.08 bits per heavy atom. The summed E-state index contributed by atoms with van der Waals surface area (Å²) < 4.78 is 0. The molecule has 0 bridgehead atoms. The number of carbonyl (C=O) groups excluding carboxylic acids is 2. The quantitative estimate of drug-likeness (QED) is 0.621. The van der Waals surface area contributed by atoms with Crippen molar-refractivity contribution in [1.29, 1.82) is 0 Å². The van der Waals surface area contributed by atoms with Crippen LogP contribution in [0, 0.1) is 0 Å². The van der Waals surface area contributed by atoms with Crippen molar-refractivity contribution in [1.82, 2.24) is 4.90 Å². The molecule has 1 amide bonds. The van der Waals surface area contributed by atoms with E-state index in [4.69, 9.17) is 0 Å². The molecular formula is C9H15NO2S. The van der Waals surface area contributed by atoms with Crippen LogP contribution >= 0.6 is 11.8 Å². The molecule has 0 aromatic heterocycles. The summed E-state index contributed by atoms with van der Waals surface area (Å²) in [6.07, 6.45) is 2.28. The molecule has 1 unspecified atom stereocenters. The molecule has 13 heavy (non-hydrogen) atoms. The topological polar surface area (TPSA) is 37.4 Å². The maximum absolute atomic E-state index is 11.6. The van der Waals surface area contributed by atoms with E-state index in [1.807, 2.05) is 0 Å². The smallest absolute Gasteiger partial charge is 0.235 e. The Morgan fingerprint density at radius 1 is 1.69 bits per heavy atom. The molecule has 0 N–H and O–H groups in total. The number of amides is 1. The maximum Gasteiger partial charge on any atom is 0.235 e. The first-order chi connectivity index (χ1) is 6.29. The predicted molar refractivity (Wildman–Crippen MR) is 53.8 cm³/mol. The van der Waals surface area contributed by atoms with Crippen LogP contribution in [0.15, 0.2) is 0 Å². The van der Waals surface area contributed by atoms with Crippen LogP contribution in [0.2, 0.25) is 0 Å². The molecule has 0 saturated carbocycles. The van der Waals surface area contributed by atoms with Gasteiger partial charge in [-0.25, -0.2) is 0 Å². The highest BCUT2D eigenvalue weighted by atomic mass is 32.2. The number of likely N-dealkylation sites (tertiary alicyclic amines) is 1. The van der Waals surface area contributed by atoms with Gasteiger partial charge in [-0.3, -0.25) is 4.79 Å². The summed E-state index contributed by atoms with van der Waals surface area (Å²) in [5.41, 5.74) is 0. The van der Waals surface area contributed by atoms with E-state index < -0.39 is 0 Å². The highest BCUT2D eigenvalue weighted by Gasteiger charge is 2.30. The minimum Gasteiger partial charge on any atom is -0.341 e. The number of hydrogen-bond donors (Lipinski definition) is 0. The lowest BCUT2D eigenvalue weighted by molar-refractivity contribution is -0.127. The van der Waals surface area contributed by atoms with Crippen molar-refractivity contribution in [3.8, 4) is 0 Å². The second-order valence-corrected chi connectivity index (χ2v) is 4.49. The zero-order valence-corrected chi connectivity index (χ0v) is 8.68. The number of hydrogen-bond acceptors (Lipinski definition) is 3. The van der Waals surface area contributed by atoms with Gasteiger partial charge in [0.1, 0.15) is 6.29 Å². The molecule has 1 aliphatic rings. The van der Waals surface area contributed by atoms with Gasteiger partial charge in [0.2, 0.25) is 5.91 Å². The van der Waals surface area contributed by atoms with Crippen LogP contribution < -0.4 is 0 Å². The molecule has 3 nitrogen and oxygen atoms in total. The molecule has 74 valence electrons. The fourth-order valence-electron chi connectivity index (χ4n) is 1.50. The van der Waals surface area contributed by atoms with Crippen molar-refractivity contribution in [3.05, 3.63) is 0 Å². The van der Waals surface area contributed by atoms with E-state index in [0.29, 0.717) is 13.0 Å². The van der Waals surface area contributed by atoms with Crippen LogP contribution in [-0.4, -0.2) is 41.2 Å². The second kappa shape index (κ2) is 5.27. The van der Waals surface area contributed by atoms with Gasteiger partial charge in [-0.1, -0.05) is 6.92 Å². The van der Waals surface area contributed by atoms with E-state index in [9.17, 15) is 9.59 Å². The first kappa shape index (κ1) is 10.6. The normalized spacial score (nSPS) is 22.4. The van der Waals surface area contributed by atoms with Crippen LogP contribution in [0.1, 0.15) is 19.8 Å². The highest BCUT2D eigenvalue weighted by molar-refractivity contribution is 8.00. The van der Waals surface area contributed by atoms with Crippen LogP contribution in [0.25, 0.3) is 0 Å². The second-order valence-electron chi connectivity index (χ2n) is 3.01. The van der Waals surface area contributed by atoms with Crippen molar-refractivity contribution in [2.75, 3.05) is 18.8 Å². The Kier molecular flexibility index (Phi) is 4.28. The number of aldehydes is 1. The van der Waals surface area contributed by atoms with Crippen molar-refractivity contribution < 1.29 is 9.59 Å². The number of rotatable bonds is 5. The van der Waals surface area contributed by atoms with Gasteiger partial charge in [-0.05, 0) is 12.2 Å². The SMILES string of the molecule is CCSC1CCN(CCC=O)C1=O. The molecular weight excluding hydrogens is 186 g/mol. The Bertz CT molecular complexity index is 196. The van der Waals surface area contributed by atoms with Gasteiger partial charge < -0.3 is 9.69 Å². The number of thioether (sulfide) groups is 1. The molecule has 4 heteroatoms. The Hall–Kier alpha value is -0.510. The number of carbonyl (C=O) groups is 2. The van der Waals surface area contributed by atoms with Gasteiger partial charge in [0.15, 0.2) is 0 Å². The molecule has 0 radical (unpaired) electrons. The Balaban J connectivity index is 2.35. The van der Waals surface area contributed by atoms with E-state index in [1.165, 1.54) is 0 Å². The molecule has 1 heterocycles. The van der Waals surface area contributed by atoms with Crippen molar-refractivity contribution in [3.63, 3.8) is 0 Å². The third-order valence-corrected chi connectivity index (χ3v) is 3.31. The van der Waals surface area contributed by atoms with Crippen molar-refractivity contribution in [2.45, 2.75) is 25.0 Å². The standard InChI is InChI=1S/C9H15NO2S/c1-2-13-8-4-6-10(9(8)12)5-3-7-11/h7-8H,2-6H2,1H3. The fraction of sp³-hybridized carbons (Fsp3) is 0.778. The predicted octanol–water partition coefficient (Wildman–Crippen LogP) is 0.929. The minimum atomic E-state index is 0.150. The van der Waals surface area contributed by atoms with E-state index in [1.54, 1.807) is 16.7 Å². The van der Waals surface area contributed by atoms with Gasteiger partial charge in [-0.15, -0.1) is 11.8 Å². The van der Waals surface area contributed by atoms with Gasteiger partial charge in [0, 0.05) is 19.5 Å². The van der Waals surface area contributed by atoms with Crippen molar-refractivity contribution >= 4 is 24.0 Å². The summed E-state index contributed by atoms with van der Waals surface area (Å²) in [7, 11) is 0. The molecule has 1 fully saturated rings. The Morgan fingerprint density at radius 2 is 2.46 bits per heavy atom. The van der Waals surface area contributed by atoms with Crippen LogP contribution in [0.4, 0.5) is 0 Å². The molecule has 0 aromatic rings. The largest absolute Gasteiger partial charge is 0.341 e. The molecule has 1 rings (SSSR count). The zero-order valence-electron chi connectivity index (χ0n) is 7.86. The highest BCUT2D eigenvalue weighted by Crippen LogP contribution is 2.23. The summed E-state index contributed by atoms with van der Waals surface area (Å²) in [6.45, 7) is 3.49. The van der Waals surface area contributed by atoms with E-state index >= 15 is 0 Å². The third kappa shape index (κ3) is 2.72. The lowest BCUT2D eigenvalue weighted by Crippen LogP contribution is -2.29. The molecule has 1 saturated heterocycles. The van der Waals surface area contributed by atoms with E-state index in [-0.39, 0.29) is 11.2 Å². The monoisotopic (exact) mass is 201 g/mol. The van der Waals surface area contributed by atoms with Gasteiger partial charge in [-0.2, -0.15) is 0 Å². The average molecular weight is 201 g/mol. The average Bonchev–Trinajstić information content (AvgIpc) is 2.46. The lowest BCUT2D eigenvalue weighted by Gasteiger charge is -2.14. The lowest BCUT2D eigenvalue weighted by atomic mass is 10.4. The number of nitrogens with zero attached hydrogens (tertiary/aromatic N) is 1. The molecule has 0 aromatic carbocycles. The van der Waals surface area contributed by atoms with E-state index in [2.05, 4.69) is 6.92 Å². The first-order valence-electron chi connectivity index (χ1n) is 4.63. The first-order valence-corrected chi connectivity index (χ1v) is 5.68. The van der Waals surface area contributed by atoms with Gasteiger partial charge >= 0.3 is 0 Å². The van der Waals surface area contributed by atoms with Crippen molar-refractivity contribution in [2.24, 2.45) is 0 Å². The summed E-state index contributed by atoms with van der Waals surface area (Å²) in [6, 6.07) is 0.